The standard InChI is InChI=1S/C104H98N2/c1-67-21-50-82(51-22-67)105(83-52-23-68(2)24-53-83)86-58-29-71(30-59-86)73-33-62-89-92-65-96-93(66-95(92)103(94(89)63-73,78-42-34-74(35-43-78)99(5,6)7)79-44-36-75(37-45-79)100(8,9)10)98-90-20-18-17-19-88(90)91(72-31-60-87(61-32-72)106(84-54-25-69(3)26-55-84)85-56-27-70(4)28-57-85)64-97(98)104(96,80-46-38-76(39-47-80)101(11,12)13)81-48-40-77(41-49-81)102(14,15)16/h17-66H,1-16H3. The lowest BCUT2D eigenvalue weighted by Crippen LogP contribution is -2.30. The highest BCUT2D eigenvalue weighted by molar-refractivity contribution is 6.11. The molecule has 0 fully saturated rings. The van der Waals surface area contributed by atoms with Crippen molar-refractivity contribution in [2.45, 2.75) is 143 Å². The van der Waals surface area contributed by atoms with Gasteiger partial charge in [0, 0.05) is 34.1 Å². The molecule has 2 aliphatic rings. The summed E-state index contributed by atoms with van der Waals surface area (Å²) in [7, 11) is 0. The van der Waals surface area contributed by atoms with Crippen LogP contribution in [0.2, 0.25) is 0 Å². The number of hydrogen-bond acceptors (Lipinski definition) is 2. The molecule has 106 heavy (non-hydrogen) atoms. The minimum atomic E-state index is -0.792. The van der Waals surface area contributed by atoms with E-state index < -0.39 is 10.8 Å². The van der Waals surface area contributed by atoms with Gasteiger partial charge in [-0.3, -0.25) is 0 Å². The number of nitrogens with zero attached hydrogens (tertiary/aromatic N) is 2. The van der Waals surface area contributed by atoms with Crippen molar-refractivity contribution in [1.29, 1.82) is 0 Å². The maximum absolute atomic E-state index is 2.69. The van der Waals surface area contributed by atoms with E-state index in [1.807, 2.05) is 0 Å². The summed E-state index contributed by atoms with van der Waals surface area (Å²) in [6.45, 7) is 36.6. The molecular weight excluding hydrogens is 1280 g/mol. The lowest BCUT2D eigenvalue weighted by Gasteiger charge is -2.37. The third-order valence-corrected chi connectivity index (χ3v) is 23.2. The first-order chi connectivity index (χ1) is 50.7. The topological polar surface area (TPSA) is 6.48 Å². The van der Waals surface area contributed by atoms with Crippen molar-refractivity contribution in [3.63, 3.8) is 0 Å². The van der Waals surface area contributed by atoms with Gasteiger partial charge in [0.1, 0.15) is 0 Å². The second kappa shape index (κ2) is 25.9. The number of anilines is 6. The van der Waals surface area contributed by atoms with Gasteiger partial charge in [0.25, 0.3) is 0 Å². The van der Waals surface area contributed by atoms with Crippen molar-refractivity contribution >= 4 is 44.9 Å². The highest BCUT2D eigenvalue weighted by Gasteiger charge is 2.53. The van der Waals surface area contributed by atoms with Crippen molar-refractivity contribution in [2.24, 2.45) is 0 Å². The predicted octanol–water partition coefficient (Wildman–Crippen LogP) is 28.3. The van der Waals surface area contributed by atoms with Crippen LogP contribution in [0, 0.1) is 27.7 Å². The summed E-state index contributed by atoms with van der Waals surface area (Å²) in [5.41, 5.74) is 34.9. The van der Waals surface area contributed by atoms with Gasteiger partial charge in [-0.05, 0) is 268 Å². The molecule has 0 saturated heterocycles. The molecule has 2 heteroatoms. The molecule has 0 aliphatic heterocycles. The molecule has 16 rings (SSSR count). The molecule has 0 amide bonds. The average Bonchev–Trinajstić information content (AvgIpc) is 1.50. The zero-order valence-electron chi connectivity index (χ0n) is 64.8. The van der Waals surface area contributed by atoms with Gasteiger partial charge in [-0.15, -0.1) is 0 Å². The summed E-state index contributed by atoms with van der Waals surface area (Å²) in [6, 6.07) is 118. The molecule has 14 aromatic rings. The molecule has 0 saturated carbocycles. The Bertz CT molecular complexity index is 5410. The van der Waals surface area contributed by atoms with Crippen LogP contribution >= 0.6 is 0 Å². The zero-order valence-corrected chi connectivity index (χ0v) is 64.8. The molecule has 2 aliphatic carbocycles. The number of benzene rings is 14. The number of rotatable bonds is 12. The van der Waals surface area contributed by atoms with Gasteiger partial charge in [0.15, 0.2) is 0 Å². The van der Waals surface area contributed by atoms with E-state index in [-0.39, 0.29) is 21.7 Å². The van der Waals surface area contributed by atoms with Gasteiger partial charge in [-0.2, -0.15) is 0 Å². The van der Waals surface area contributed by atoms with Crippen LogP contribution in [0.15, 0.2) is 303 Å². The summed E-state index contributed by atoms with van der Waals surface area (Å²) in [5.74, 6) is 0. The molecule has 0 bridgehead atoms. The SMILES string of the molecule is Cc1ccc(N(c2ccc(C)cc2)c2ccc(-c3ccc4c(c3)C(c3ccc(C(C)(C)C)cc3)(c3ccc(C(C)(C)C)cc3)c3cc5c(cc3-4)C(c3ccc(C(C)(C)C)cc3)(c3ccc(C(C)(C)C)cc3)c3cc(-c4ccc(N(c6ccc(C)cc6)c6ccc(C)cc6)cc4)c4ccccc4c3-5)cc2)cc1. The van der Waals surface area contributed by atoms with E-state index >= 15 is 0 Å². The summed E-state index contributed by atoms with van der Waals surface area (Å²) >= 11 is 0. The Morgan fingerprint density at radius 2 is 0.491 bits per heavy atom. The van der Waals surface area contributed by atoms with E-state index in [0.29, 0.717) is 0 Å². The maximum atomic E-state index is 2.69. The fourth-order valence-electron chi connectivity index (χ4n) is 17.1. The molecule has 0 radical (unpaired) electrons. The minimum absolute atomic E-state index is 0.0610. The summed E-state index contributed by atoms with van der Waals surface area (Å²) in [5, 5.41) is 2.46. The van der Waals surface area contributed by atoms with Crippen molar-refractivity contribution in [3.8, 4) is 44.5 Å². The Hall–Kier alpha value is -11.1. The van der Waals surface area contributed by atoms with E-state index in [1.165, 1.54) is 139 Å². The van der Waals surface area contributed by atoms with Crippen LogP contribution in [0.25, 0.3) is 55.3 Å². The van der Waals surface area contributed by atoms with E-state index in [2.05, 4.69) is 424 Å². The summed E-state index contributed by atoms with van der Waals surface area (Å²) < 4.78 is 0. The summed E-state index contributed by atoms with van der Waals surface area (Å²) in [6.07, 6.45) is 0. The van der Waals surface area contributed by atoms with Gasteiger partial charge in [-0.25, -0.2) is 0 Å². The van der Waals surface area contributed by atoms with Gasteiger partial charge < -0.3 is 9.80 Å². The normalized spacial score (nSPS) is 13.6. The van der Waals surface area contributed by atoms with E-state index in [1.54, 1.807) is 0 Å². The second-order valence-electron chi connectivity index (χ2n) is 34.5. The smallest absolute Gasteiger partial charge is 0.0714 e. The van der Waals surface area contributed by atoms with Crippen LogP contribution in [0.4, 0.5) is 34.1 Å². The van der Waals surface area contributed by atoms with Crippen LogP contribution in [0.3, 0.4) is 0 Å². The van der Waals surface area contributed by atoms with Crippen LogP contribution < -0.4 is 9.80 Å². The fraction of sp³-hybridized carbons (Fsp3) is 0.212. The highest BCUT2D eigenvalue weighted by atomic mass is 15.1. The molecule has 0 spiro atoms. The van der Waals surface area contributed by atoms with Crippen LogP contribution in [0.5, 0.6) is 0 Å². The molecule has 0 N–H and O–H groups in total. The quantitative estimate of drug-likeness (QED) is 0.120. The lowest BCUT2D eigenvalue weighted by molar-refractivity contribution is 0.588. The third kappa shape index (κ3) is 11.9. The van der Waals surface area contributed by atoms with Gasteiger partial charge in [0.2, 0.25) is 0 Å². The molecular formula is C104H98N2. The largest absolute Gasteiger partial charge is 0.311 e. The van der Waals surface area contributed by atoms with E-state index in [9.17, 15) is 0 Å². The Balaban J connectivity index is 0.980. The summed E-state index contributed by atoms with van der Waals surface area (Å²) in [4.78, 5) is 4.76. The van der Waals surface area contributed by atoms with Gasteiger partial charge in [-0.1, -0.05) is 312 Å². The third-order valence-electron chi connectivity index (χ3n) is 23.2. The molecule has 0 heterocycles. The van der Waals surface area contributed by atoms with Crippen molar-refractivity contribution in [1.82, 2.24) is 0 Å². The fourth-order valence-corrected chi connectivity index (χ4v) is 17.1. The van der Waals surface area contributed by atoms with Crippen molar-refractivity contribution in [3.05, 3.63) is 392 Å². The lowest BCUT2D eigenvalue weighted by atomic mass is 9.65. The molecule has 0 atom stereocenters. The molecule has 524 valence electrons. The number of fused-ring (bicyclic) bond motifs is 8. The Morgan fingerprint density at radius 3 is 0.840 bits per heavy atom. The molecule has 0 aromatic heterocycles. The highest BCUT2D eigenvalue weighted by Crippen LogP contribution is 2.65. The number of hydrogen-bond donors (Lipinski definition) is 0. The zero-order chi connectivity index (χ0) is 74.0. The Morgan fingerprint density at radius 1 is 0.217 bits per heavy atom. The first kappa shape index (κ1) is 69.3. The van der Waals surface area contributed by atoms with Crippen molar-refractivity contribution < 1.29 is 0 Å². The van der Waals surface area contributed by atoms with E-state index in [4.69, 9.17) is 0 Å². The molecule has 0 unspecified atom stereocenters. The Labute approximate surface area is 630 Å². The van der Waals surface area contributed by atoms with Crippen LogP contribution in [-0.4, -0.2) is 0 Å². The second-order valence-corrected chi connectivity index (χ2v) is 34.5. The first-order valence-corrected chi connectivity index (χ1v) is 38.1. The monoisotopic (exact) mass is 1370 g/mol. The predicted molar refractivity (Wildman–Crippen MR) is 453 cm³/mol. The molecule has 14 aromatic carbocycles. The van der Waals surface area contributed by atoms with Gasteiger partial charge >= 0.3 is 0 Å². The maximum Gasteiger partial charge on any atom is 0.0714 e. The van der Waals surface area contributed by atoms with Gasteiger partial charge in [0.05, 0.1) is 10.8 Å². The van der Waals surface area contributed by atoms with E-state index in [0.717, 1.165) is 39.7 Å². The number of aryl methyl sites for hydroxylation is 4. The average molecular weight is 1380 g/mol. The van der Waals surface area contributed by atoms with Crippen LogP contribution in [-0.2, 0) is 32.5 Å². The first-order valence-electron chi connectivity index (χ1n) is 38.1. The van der Waals surface area contributed by atoms with Crippen LogP contribution in [0.1, 0.15) is 172 Å². The minimum Gasteiger partial charge on any atom is -0.311 e. The molecule has 2 nitrogen and oxygen atoms in total. The Kier molecular flexibility index (Phi) is 16.9. The van der Waals surface area contributed by atoms with Crippen molar-refractivity contribution in [2.75, 3.05) is 9.80 Å².